The summed E-state index contributed by atoms with van der Waals surface area (Å²) in [6.45, 7) is 4.00. The third-order valence-electron chi connectivity index (χ3n) is 2.45. The molecule has 1 rings (SSSR count). The average molecular weight is 334 g/mol. The van der Waals surface area contributed by atoms with Crippen molar-refractivity contribution in [2.45, 2.75) is 83.7 Å². The van der Waals surface area contributed by atoms with E-state index in [0.717, 1.165) is 12.8 Å². The van der Waals surface area contributed by atoms with Crippen molar-refractivity contribution in [3.63, 3.8) is 0 Å². The highest BCUT2D eigenvalue weighted by atomic mass is 16.4. The normalized spacial score (nSPS) is 8.30. The fraction of sp³-hybridized carbons (Fsp3) is 0.650. The van der Waals surface area contributed by atoms with E-state index >= 15 is 0 Å². The molecule has 0 aromatic heterocycles. The van der Waals surface area contributed by atoms with Crippen LogP contribution in [0.4, 0.5) is 0 Å². The maximum absolute atomic E-state index is 10.5. The van der Waals surface area contributed by atoms with Crippen LogP contribution in [0.3, 0.4) is 0 Å². The van der Waals surface area contributed by atoms with Crippen LogP contribution < -0.4 is 5.32 Å². The van der Waals surface area contributed by atoms with E-state index in [1.165, 1.54) is 5.56 Å². The van der Waals surface area contributed by atoms with E-state index < -0.39 is 5.97 Å². The Morgan fingerprint density at radius 2 is 1.43 bits per heavy atom. The standard InChI is InChI=1S/C12H17NO2.C2H6.6CH4/c1-13-11(9-12(14)15)8-7-10-5-3-2-4-6-10;1-2;;;;;;/h2-6,11,13H,7-9H2,1H3,(H,14,15);1-2H3;6*1H4/t11-;;;;;;;/m1......./s1. The van der Waals surface area contributed by atoms with Crippen LogP contribution in [0.5, 0.6) is 0 Å². The second-order valence-electron chi connectivity index (χ2n) is 3.61. The topological polar surface area (TPSA) is 49.3 Å². The maximum Gasteiger partial charge on any atom is 0.304 e. The van der Waals surface area contributed by atoms with Crippen molar-refractivity contribution >= 4 is 5.97 Å². The molecule has 0 saturated carbocycles. The minimum atomic E-state index is -0.748. The van der Waals surface area contributed by atoms with E-state index in [1.807, 2.05) is 32.0 Å². The molecule has 144 valence electrons. The summed E-state index contributed by atoms with van der Waals surface area (Å²) in [6, 6.07) is 10.2. The summed E-state index contributed by atoms with van der Waals surface area (Å²) in [4.78, 5) is 10.5. The molecule has 0 heterocycles. The molecule has 3 heteroatoms. The third kappa shape index (κ3) is 23.1. The highest BCUT2D eigenvalue weighted by molar-refractivity contribution is 5.67. The van der Waals surface area contributed by atoms with Gasteiger partial charge in [-0.2, -0.15) is 0 Å². The summed E-state index contributed by atoms with van der Waals surface area (Å²) in [5, 5.41) is 11.7. The fourth-order valence-electron chi connectivity index (χ4n) is 1.54. The zero-order valence-electron chi connectivity index (χ0n) is 10.9. The monoisotopic (exact) mass is 333 g/mol. The van der Waals surface area contributed by atoms with Gasteiger partial charge in [-0.05, 0) is 25.5 Å². The summed E-state index contributed by atoms with van der Waals surface area (Å²) in [5.41, 5.74) is 1.25. The van der Waals surface area contributed by atoms with Crippen LogP contribution in [0, 0.1) is 0 Å². The van der Waals surface area contributed by atoms with Crippen molar-refractivity contribution in [2.75, 3.05) is 7.05 Å². The van der Waals surface area contributed by atoms with Gasteiger partial charge in [-0.15, -0.1) is 0 Å². The molecule has 1 aromatic carbocycles. The third-order valence-corrected chi connectivity index (χ3v) is 2.45. The molecule has 0 aliphatic carbocycles. The van der Waals surface area contributed by atoms with Gasteiger partial charge in [0.25, 0.3) is 0 Å². The van der Waals surface area contributed by atoms with Gasteiger partial charge in [0.05, 0.1) is 6.42 Å². The first kappa shape index (κ1) is 43.0. The second-order valence-corrected chi connectivity index (χ2v) is 3.61. The van der Waals surface area contributed by atoms with Crippen LogP contribution in [-0.2, 0) is 11.2 Å². The van der Waals surface area contributed by atoms with Gasteiger partial charge in [-0.1, -0.05) is 88.7 Å². The van der Waals surface area contributed by atoms with Crippen molar-refractivity contribution in [2.24, 2.45) is 0 Å². The minimum Gasteiger partial charge on any atom is -0.481 e. The van der Waals surface area contributed by atoms with Crippen molar-refractivity contribution in [3.05, 3.63) is 35.9 Å². The summed E-state index contributed by atoms with van der Waals surface area (Å²) in [5.74, 6) is -0.748. The Morgan fingerprint density at radius 3 is 1.78 bits per heavy atom. The first-order valence-corrected chi connectivity index (χ1v) is 6.15. The molecular weight excluding hydrogens is 286 g/mol. The Kier molecular flexibility index (Phi) is 53.8. The number of carboxylic acid groups (broad SMARTS) is 1. The predicted molar refractivity (Wildman–Crippen MR) is 112 cm³/mol. The number of hydrogen-bond acceptors (Lipinski definition) is 2. The largest absolute Gasteiger partial charge is 0.481 e. The van der Waals surface area contributed by atoms with Gasteiger partial charge < -0.3 is 10.4 Å². The lowest BCUT2D eigenvalue weighted by Gasteiger charge is -2.13. The average Bonchev–Trinajstić information content (AvgIpc) is 2.37. The first-order valence-electron chi connectivity index (χ1n) is 6.15. The quantitative estimate of drug-likeness (QED) is 0.622. The van der Waals surface area contributed by atoms with E-state index in [-0.39, 0.29) is 57.0 Å². The second kappa shape index (κ2) is 28.8. The van der Waals surface area contributed by atoms with Crippen molar-refractivity contribution in [1.82, 2.24) is 5.32 Å². The number of rotatable bonds is 6. The summed E-state index contributed by atoms with van der Waals surface area (Å²) in [6.07, 6.45) is 1.95. The van der Waals surface area contributed by atoms with Gasteiger partial charge in [0.2, 0.25) is 0 Å². The van der Waals surface area contributed by atoms with Gasteiger partial charge in [0, 0.05) is 6.04 Å². The molecule has 1 aromatic rings. The highest BCUT2D eigenvalue weighted by Gasteiger charge is 2.10. The van der Waals surface area contributed by atoms with Crippen molar-refractivity contribution in [1.29, 1.82) is 0 Å². The number of nitrogens with one attached hydrogen (secondary N) is 1. The molecule has 2 N–H and O–H groups in total. The maximum atomic E-state index is 10.5. The molecule has 0 fully saturated rings. The fourth-order valence-corrected chi connectivity index (χ4v) is 1.54. The van der Waals surface area contributed by atoms with Gasteiger partial charge in [0.15, 0.2) is 0 Å². The van der Waals surface area contributed by atoms with E-state index in [2.05, 4.69) is 17.4 Å². The van der Waals surface area contributed by atoms with Crippen molar-refractivity contribution < 1.29 is 9.90 Å². The number of carbonyl (C=O) groups is 1. The lowest BCUT2D eigenvalue weighted by Crippen LogP contribution is -2.28. The molecule has 23 heavy (non-hydrogen) atoms. The molecule has 0 spiro atoms. The zero-order chi connectivity index (χ0) is 13.1. The van der Waals surface area contributed by atoms with E-state index in [9.17, 15) is 4.79 Å². The van der Waals surface area contributed by atoms with Gasteiger partial charge >= 0.3 is 5.97 Å². The SMILES string of the molecule is C.C.C.C.C.C.CC.CN[C@H](CCc1ccccc1)CC(=O)O. The number of aliphatic carboxylic acids is 1. The van der Waals surface area contributed by atoms with Crippen LogP contribution in [-0.4, -0.2) is 24.2 Å². The Hall–Kier alpha value is -1.35. The summed E-state index contributed by atoms with van der Waals surface area (Å²) >= 11 is 0. The lowest BCUT2D eigenvalue weighted by molar-refractivity contribution is -0.137. The van der Waals surface area contributed by atoms with E-state index in [4.69, 9.17) is 5.11 Å². The number of carboxylic acids is 1. The Balaban J connectivity index is -0.0000000615. The Morgan fingerprint density at radius 1 is 1.00 bits per heavy atom. The van der Waals surface area contributed by atoms with Crippen LogP contribution in [0.2, 0.25) is 0 Å². The van der Waals surface area contributed by atoms with Crippen LogP contribution in [0.25, 0.3) is 0 Å². The number of aryl methyl sites for hydroxylation is 1. The summed E-state index contributed by atoms with van der Waals surface area (Å²) < 4.78 is 0. The molecule has 0 radical (unpaired) electrons. The molecule has 0 aliphatic rings. The lowest BCUT2D eigenvalue weighted by atomic mass is 10.0. The Labute approximate surface area is 148 Å². The van der Waals surface area contributed by atoms with Crippen molar-refractivity contribution in [3.8, 4) is 0 Å². The molecule has 0 unspecified atom stereocenters. The molecule has 1 atom stereocenters. The smallest absolute Gasteiger partial charge is 0.304 e. The van der Waals surface area contributed by atoms with Gasteiger partial charge in [-0.3, -0.25) is 4.79 Å². The van der Waals surface area contributed by atoms with Gasteiger partial charge in [-0.25, -0.2) is 0 Å². The van der Waals surface area contributed by atoms with E-state index in [1.54, 1.807) is 7.05 Å². The minimum absolute atomic E-state index is 0. The molecule has 0 bridgehead atoms. The van der Waals surface area contributed by atoms with Gasteiger partial charge in [0.1, 0.15) is 0 Å². The number of hydrogen-bond donors (Lipinski definition) is 2. The molecule has 0 amide bonds. The Bertz CT molecular complexity index is 300. The summed E-state index contributed by atoms with van der Waals surface area (Å²) in [7, 11) is 1.80. The highest BCUT2D eigenvalue weighted by Crippen LogP contribution is 2.06. The molecule has 3 nitrogen and oxygen atoms in total. The molecular formula is C20H47NO2. The van der Waals surface area contributed by atoms with E-state index in [0.29, 0.717) is 0 Å². The predicted octanol–water partition coefficient (Wildman–Crippen LogP) is 6.52. The molecule has 0 aliphatic heterocycles. The zero-order valence-corrected chi connectivity index (χ0v) is 10.9. The van der Waals surface area contributed by atoms with Crippen LogP contribution in [0.15, 0.2) is 30.3 Å². The first-order chi connectivity index (χ1) is 8.22. The van der Waals surface area contributed by atoms with Crippen LogP contribution in [0.1, 0.15) is 76.8 Å². The van der Waals surface area contributed by atoms with Crippen LogP contribution >= 0.6 is 0 Å². The molecule has 0 saturated heterocycles. The number of benzene rings is 1.